The molecule has 172 valence electrons. The molecule has 3 aromatic rings. The number of nitrogens with one attached hydrogen (secondary N) is 1. The summed E-state index contributed by atoms with van der Waals surface area (Å²) >= 11 is 5.80. The molecule has 0 aliphatic rings. The number of esters is 1. The van der Waals surface area contributed by atoms with Crippen LogP contribution in [-0.2, 0) is 9.53 Å². The van der Waals surface area contributed by atoms with Crippen LogP contribution in [0.5, 0.6) is 11.5 Å². The van der Waals surface area contributed by atoms with Crippen molar-refractivity contribution in [1.82, 2.24) is 9.78 Å². The number of nitro benzene ring substituents is 1. The van der Waals surface area contributed by atoms with E-state index in [2.05, 4.69) is 10.4 Å². The number of hydrogen-bond acceptors (Lipinski definition) is 7. The first-order valence-electron chi connectivity index (χ1n) is 9.93. The smallest absolute Gasteiger partial charge is 0.338 e. The van der Waals surface area contributed by atoms with E-state index in [0.29, 0.717) is 5.82 Å². The summed E-state index contributed by atoms with van der Waals surface area (Å²) in [6.07, 6.45) is 0.509. The Labute approximate surface area is 194 Å². The molecule has 1 N–H and O–H groups in total. The fraction of sp³-hybridized carbons (Fsp3) is 0.227. The molecule has 0 aliphatic heterocycles. The van der Waals surface area contributed by atoms with Gasteiger partial charge in [-0.1, -0.05) is 11.6 Å². The minimum atomic E-state index is -1.05. The number of rotatable bonds is 8. The predicted octanol–water partition coefficient (Wildman–Crippen LogP) is 5.00. The Morgan fingerprint density at radius 3 is 2.45 bits per heavy atom. The molecule has 0 aliphatic carbocycles. The largest absolute Gasteiger partial charge is 0.450 e. The van der Waals surface area contributed by atoms with Crippen molar-refractivity contribution >= 4 is 35.0 Å². The molecule has 0 fully saturated rings. The van der Waals surface area contributed by atoms with Crippen molar-refractivity contribution < 1.29 is 24.0 Å². The van der Waals surface area contributed by atoms with E-state index in [1.165, 1.54) is 49.4 Å². The molecule has 0 saturated carbocycles. The molecule has 1 atom stereocenters. The summed E-state index contributed by atoms with van der Waals surface area (Å²) in [6, 6.07) is 11.5. The van der Waals surface area contributed by atoms with Gasteiger partial charge in [-0.3, -0.25) is 14.9 Å². The van der Waals surface area contributed by atoms with E-state index in [9.17, 15) is 19.7 Å². The molecule has 33 heavy (non-hydrogen) atoms. The Hall–Kier alpha value is -3.92. The Balaban J connectivity index is 1.63. The molecule has 0 spiro atoms. The van der Waals surface area contributed by atoms with E-state index in [1.807, 2.05) is 13.8 Å². The maximum atomic E-state index is 12.4. The van der Waals surface area contributed by atoms with Crippen molar-refractivity contribution in [2.45, 2.75) is 32.9 Å². The lowest BCUT2D eigenvalue weighted by atomic mass is 10.2. The minimum Gasteiger partial charge on any atom is -0.450 e. The number of benzene rings is 2. The van der Waals surface area contributed by atoms with Crippen molar-refractivity contribution in [1.29, 1.82) is 0 Å². The average Bonchev–Trinajstić information content (AvgIpc) is 3.23. The van der Waals surface area contributed by atoms with E-state index in [-0.39, 0.29) is 33.8 Å². The number of hydrogen-bond donors (Lipinski definition) is 1. The molecule has 1 unspecified atom stereocenters. The molecule has 10 nitrogen and oxygen atoms in total. The van der Waals surface area contributed by atoms with Gasteiger partial charge in [0.15, 0.2) is 6.10 Å². The summed E-state index contributed by atoms with van der Waals surface area (Å²) in [4.78, 5) is 35.4. The summed E-state index contributed by atoms with van der Waals surface area (Å²) in [6.45, 7) is 5.30. The summed E-state index contributed by atoms with van der Waals surface area (Å²) in [7, 11) is 0. The highest BCUT2D eigenvalue weighted by molar-refractivity contribution is 6.30. The number of carbonyl (C=O) groups excluding carboxylic acids is 2. The van der Waals surface area contributed by atoms with Crippen LogP contribution in [-0.4, -0.2) is 32.7 Å². The van der Waals surface area contributed by atoms with Crippen molar-refractivity contribution in [3.63, 3.8) is 0 Å². The standard InChI is InChI=1S/C22H21ClN4O6/c1-13(2)26-20(10-11-24-26)25-21(28)14(3)32-22(29)15-4-7-17(8-5-15)33-19-9-6-16(23)12-18(19)27(30)31/h4-14H,1-3H3,(H,25,28). The van der Waals surface area contributed by atoms with E-state index >= 15 is 0 Å². The number of anilines is 1. The van der Waals surface area contributed by atoms with E-state index in [4.69, 9.17) is 21.1 Å². The minimum absolute atomic E-state index is 0.00524. The monoisotopic (exact) mass is 472 g/mol. The summed E-state index contributed by atoms with van der Waals surface area (Å²) < 4.78 is 12.4. The van der Waals surface area contributed by atoms with Crippen LogP contribution < -0.4 is 10.1 Å². The van der Waals surface area contributed by atoms with Crippen molar-refractivity contribution in [3.05, 3.63) is 75.4 Å². The first-order valence-corrected chi connectivity index (χ1v) is 10.3. The quantitative estimate of drug-likeness (QED) is 0.277. The molecule has 0 bridgehead atoms. The Morgan fingerprint density at radius 1 is 1.12 bits per heavy atom. The number of carbonyl (C=O) groups is 2. The van der Waals surface area contributed by atoms with Crippen LogP contribution in [0.25, 0.3) is 0 Å². The third-order valence-electron chi connectivity index (χ3n) is 4.50. The SMILES string of the molecule is CC(OC(=O)c1ccc(Oc2ccc(Cl)cc2[N+](=O)[O-])cc1)C(=O)Nc1ccnn1C(C)C. The van der Waals surface area contributed by atoms with Crippen LogP contribution in [0.1, 0.15) is 37.2 Å². The van der Waals surface area contributed by atoms with Gasteiger partial charge in [0.2, 0.25) is 5.75 Å². The second-order valence-corrected chi connectivity index (χ2v) is 7.72. The lowest BCUT2D eigenvalue weighted by molar-refractivity contribution is -0.385. The van der Waals surface area contributed by atoms with Gasteiger partial charge >= 0.3 is 11.7 Å². The number of amides is 1. The van der Waals surface area contributed by atoms with Gasteiger partial charge in [0, 0.05) is 23.2 Å². The van der Waals surface area contributed by atoms with Gasteiger partial charge < -0.3 is 14.8 Å². The lowest BCUT2D eigenvalue weighted by Gasteiger charge is -2.16. The van der Waals surface area contributed by atoms with Crippen LogP contribution >= 0.6 is 11.6 Å². The third kappa shape index (κ3) is 5.86. The molecule has 1 heterocycles. The van der Waals surface area contributed by atoms with Gasteiger partial charge in [0.1, 0.15) is 11.6 Å². The lowest BCUT2D eigenvalue weighted by Crippen LogP contribution is -2.31. The fourth-order valence-corrected chi connectivity index (χ4v) is 3.01. The average molecular weight is 473 g/mol. The molecule has 3 rings (SSSR count). The second-order valence-electron chi connectivity index (χ2n) is 7.29. The zero-order valence-electron chi connectivity index (χ0n) is 18.0. The summed E-state index contributed by atoms with van der Waals surface area (Å²) in [5.41, 5.74) is -0.107. The molecule has 0 radical (unpaired) electrons. The highest BCUT2D eigenvalue weighted by Gasteiger charge is 2.21. The molecular formula is C22H21ClN4O6. The van der Waals surface area contributed by atoms with Crippen LogP contribution in [0.4, 0.5) is 11.5 Å². The number of nitro groups is 1. The zero-order chi connectivity index (χ0) is 24.1. The fourth-order valence-electron chi connectivity index (χ4n) is 2.84. The van der Waals surface area contributed by atoms with Gasteiger partial charge in [-0.05, 0) is 57.2 Å². The van der Waals surface area contributed by atoms with Crippen molar-refractivity contribution in [2.24, 2.45) is 0 Å². The van der Waals surface area contributed by atoms with Gasteiger partial charge in [0.25, 0.3) is 5.91 Å². The number of ether oxygens (including phenoxy) is 2. The molecule has 2 aromatic carbocycles. The number of nitrogens with zero attached hydrogens (tertiary/aromatic N) is 3. The second kappa shape index (κ2) is 10.1. The van der Waals surface area contributed by atoms with Gasteiger partial charge in [-0.25, -0.2) is 9.48 Å². The zero-order valence-corrected chi connectivity index (χ0v) is 18.8. The highest BCUT2D eigenvalue weighted by Crippen LogP contribution is 2.33. The molecule has 0 saturated heterocycles. The Kier molecular flexibility index (Phi) is 7.29. The topological polar surface area (TPSA) is 126 Å². The van der Waals surface area contributed by atoms with Crippen LogP contribution in [0.3, 0.4) is 0 Å². The maximum absolute atomic E-state index is 12.4. The van der Waals surface area contributed by atoms with Crippen molar-refractivity contribution in [2.75, 3.05) is 5.32 Å². The molecular weight excluding hydrogens is 452 g/mol. The third-order valence-corrected chi connectivity index (χ3v) is 4.73. The molecule has 11 heteroatoms. The Bertz CT molecular complexity index is 1180. The van der Waals surface area contributed by atoms with Crippen molar-refractivity contribution in [3.8, 4) is 11.5 Å². The summed E-state index contributed by atoms with van der Waals surface area (Å²) in [5, 5.41) is 18.2. The number of aromatic nitrogens is 2. The number of halogens is 1. The Morgan fingerprint density at radius 2 is 1.82 bits per heavy atom. The summed E-state index contributed by atoms with van der Waals surface area (Å²) in [5.74, 6) is -0.439. The highest BCUT2D eigenvalue weighted by atomic mass is 35.5. The van der Waals surface area contributed by atoms with E-state index < -0.39 is 22.9 Å². The van der Waals surface area contributed by atoms with E-state index in [0.717, 1.165) is 0 Å². The van der Waals surface area contributed by atoms with E-state index in [1.54, 1.807) is 16.9 Å². The van der Waals surface area contributed by atoms with Gasteiger partial charge in [0.05, 0.1) is 16.7 Å². The first kappa shape index (κ1) is 23.7. The predicted molar refractivity (Wildman–Crippen MR) is 121 cm³/mol. The molecule has 1 aromatic heterocycles. The van der Waals surface area contributed by atoms with Crippen LogP contribution in [0.15, 0.2) is 54.7 Å². The first-order chi connectivity index (χ1) is 15.7. The van der Waals surface area contributed by atoms with Crippen LogP contribution in [0.2, 0.25) is 5.02 Å². The van der Waals surface area contributed by atoms with Gasteiger partial charge in [-0.15, -0.1) is 0 Å². The van der Waals surface area contributed by atoms with Crippen LogP contribution in [0, 0.1) is 10.1 Å². The maximum Gasteiger partial charge on any atom is 0.338 e. The normalized spacial score (nSPS) is 11.7. The van der Waals surface area contributed by atoms with Gasteiger partial charge in [-0.2, -0.15) is 5.10 Å². The molecule has 1 amide bonds.